The van der Waals surface area contributed by atoms with Gasteiger partial charge in [0.05, 0.1) is 6.61 Å². The Morgan fingerprint density at radius 2 is 1.81 bits per heavy atom. The average molecular weight is 289 g/mol. The van der Waals surface area contributed by atoms with Gasteiger partial charge in [-0.1, -0.05) is 19.1 Å². The second-order valence-corrected chi connectivity index (χ2v) is 4.72. The zero-order valence-electron chi connectivity index (χ0n) is 12.1. The third-order valence-corrected chi connectivity index (χ3v) is 3.01. The van der Waals surface area contributed by atoms with E-state index in [1.54, 1.807) is 12.1 Å². The highest BCUT2D eigenvalue weighted by molar-refractivity contribution is 5.32. The molecule has 0 saturated carbocycles. The van der Waals surface area contributed by atoms with Crippen LogP contribution in [0.25, 0.3) is 0 Å². The standard InChI is InChI=1S/C17H20FNO2/c1-2-10-20-15-6-8-16(9-7-15)21-17(12-19)13-4-3-5-14(18)11-13/h3-9,11,17H,2,10,12,19H2,1H3. The summed E-state index contributed by atoms with van der Waals surface area (Å²) in [5.74, 6) is 1.19. The Morgan fingerprint density at radius 3 is 2.43 bits per heavy atom. The third-order valence-electron chi connectivity index (χ3n) is 3.01. The van der Waals surface area contributed by atoms with Gasteiger partial charge in [0, 0.05) is 6.54 Å². The molecule has 0 aliphatic heterocycles. The zero-order valence-corrected chi connectivity index (χ0v) is 12.1. The molecule has 2 aromatic rings. The predicted molar refractivity (Wildman–Crippen MR) is 81.1 cm³/mol. The third kappa shape index (κ3) is 4.46. The van der Waals surface area contributed by atoms with Crippen molar-refractivity contribution in [1.29, 1.82) is 0 Å². The number of rotatable bonds is 7. The molecular weight excluding hydrogens is 269 g/mol. The Balaban J connectivity index is 2.04. The van der Waals surface area contributed by atoms with E-state index in [0.29, 0.717) is 12.4 Å². The van der Waals surface area contributed by atoms with Crippen molar-refractivity contribution in [1.82, 2.24) is 0 Å². The van der Waals surface area contributed by atoms with Gasteiger partial charge in [-0.05, 0) is 48.4 Å². The second kappa shape index (κ2) is 7.64. The molecule has 0 amide bonds. The lowest BCUT2D eigenvalue weighted by Crippen LogP contribution is -2.18. The smallest absolute Gasteiger partial charge is 0.136 e. The van der Waals surface area contributed by atoms with Gasteiger partial charge in [-0.2, -0.15) is 0 Å². The molecule has 0 saturated heterocycles. The van der Waals surface area contributed by atoms with E-state index in [-0.39, 0.29) is 18.5 Å². The Kier molecular flexibility index (Phi) is 5.58. The van der Waals surface area contributed by atoms with Crippen LogP contribution in [0.1, 0.15) is 25.0 Å². The summed E-state index contributed by atoms with van der Waals surface area (Å²) in [6, 6.07) is 13.7. The van der Waals surface area contributed by atoms with Crippen LogP contribution in [0, 0.1) is 5.82 Å². The van der Waals surface area contributed by atoms with Gasteiger partial charge in [0.25, 0.3) is 0 Å². The molecule has 21 heavy (non-hydrogen) atoms. The van der Waals surface area contributed by atoms with Crippen LogP contribution in [-0.4, -0.2) is 13.2 Å². The number of benzene rings is 2. The molecule has 112 valence electrons. The predicted octanol–water partition coefficient (Wildman–Crippen LogP) is 3.69. The quantitative estimate of drug-likeness (QED) is 0.845. The minimum atomic E-state index is -0.372. The van der Waals surface area contributed by atoms with E-state index in [9.17, 15) is 4.39 Å². The van der Waals surface area contributed by atoms with Gasteiger partial charge < -0.3 is 15.2 Å². The number of nitrogens with two attached hydrogens (primary N) is 1. The van der Waals surface area contributed by atoms with Gasteiger partial charge in [-0.15, -0.1) is 0 Å². The van der Waals surface area contributed by atoms with E-state index < -0.39 is 0 Å². The van der Waals surface area contributed by atoms with Crippen LogP contribution >= 0.6 is 0 Å². The van der Waals surface area contributed by atoms with Crippen molar-refractivity contribution in [2.75, 3.05) is 13.2 Å². The molecule has 0 aromatic heterocycles. The first-order chi connectivity index (χ1) is 10.2. The first kappa shape index (κ1) is 15.3. The van der Waals surface area contributed by atoms with Gasteiger partial charge in [-0.3, -0.25) is 0 Å². The van der Waals surface area contributed by atoms with Gasteiger partial charge in [0.15, 0.2) is 0 Å². The van der Waals surface area contributed by atoms with Gasteiger partial charge >= 0.3 is 0 Å². The molecule has 0 spiro atoms. The molecule has 0 aliphatic carbocycles. The first-order valence-electron chi connectivity index (χ1n) is 7.08. The van der Waals surface area contributed by atoms with E-state index in [1.165, 1.54) is 12.1 Å². The fourth-order valence-electron chi connectivity index (χ4n) is 1.96. The van der Waals surface area contributed by atoms with Crippen molar-refractivity contribution in [3.8, 4) is 11.5 Å². The fraction of sp³-hybridized carbons (Fsp3) is 0.294. The molecule has 1 atom stereocenters. The molecule has 2 N–H and O–H groups in total. The summed E-state index contributed by atoms with van der Waals surface area (Å²) in [4.78, 5) is 0. The minimum absolute atomic E-state index is 0.275. The zero-order chi connectivity index (χ0) is 15.1. The van der Waals surface area contributed by atoms with Crippen molar-refractivity contribution >= 4 is 0 Å². The Labute approximate surface area is 124 Å². The highest BCUT2D eigenvalue weighted by Crippen LogP contribution is 2.24. The van der Waals surface area contributed by atoms with E-state index in [4.69, 9.17) is 15.2 Å². The first-order valence-corrected chi connectivity index (χ1v) is 7.08. The Morgan fingerprint density at radius 1 is 1.10 bits per heavy atom. The summed E-state index contributed by atoms with van der Waals surface area (Å²) in [7, 11) is 0. The SMILES string of the molecule is CCCOc1ccc(OC(CN)c2cccc(F)c2)cc1. The highest BCUT2D eigenvalue weighted by Gasteiger charge is 2.12. The van der Waals surface area contributed by atoms with Gasteiger partial charge in [0.2, 0.25) is 0 Å². The highest BCUT2D eigenvalue weighted by atomic mass is 19.1. The lowest BCUT2D eigenvalue weighted by Gasteiger charge is -2.18. The fourth-order valence-corrected chi connectivity index (χ4v) is 1.96. The van der Waals surface area contributed by atoms with Crippen molar-refractivity contribution in [3.63, 3.8) is 0 Å². The van der Waals surface area contributed by atoms with Crippen LogP contribution in [0.2, 0.25) is 0 Å². The molecule has 4 heteroatoms. The van der Waals surface area contributed by atoms with Crippen LogP contribution in [0.3, 0.4) is 0 Å². The molecule has 3 nitrogen and oxygen atoms in total. The van der Waals surface area contributed by atoms with E-state index in [0.717, 1.165) is 17.7 Å². The van der Waals surface area contributed by atoms with Gasteiger partial charge in [-0.25, -0.2) is 4.39 Å². The molecule has 0 radical (unpaired) electrons. The molecule has 0 heterocycles. The number of hydrogen-bond acceptors (Lipinski definition) is 3. The maximum atomic E-state index is 13.3. The maximum absolute atomic E-state index is 13.3. The summed E-state index contributed by atoms with van der Waals surface area (Å²) in [6.07, 6.45) is 0.593. The summed E-state index contributed by atoms with van der Waals surface area (Å²) >= 11 is 0. The normalized spacial score (nSPS) is 12.0. The molecule has 0 aliphatic rings. The number of halogens is 1. The van der Waals surface area contributed by atoms with Crippen molar-refractivity contribution in [2.45, 2.75) is 19.4 Å². The summed E-state index contributed by atoms with van der Waals surface area (Å²) in [6.45, 7) is 3.02. The summed E-state index contributed by atoms with van der Waals surface area (Å²) in [5.41, 5.74) is 6.45. The van der Waals surface area contributed by atoms with E-state index in [1.807, 2.05) is 24.3 Å². The van der Waals surface area contributed by atoms with Gasteiger partial charge in [0.1, 0.15) is 23.4 Å². The van der Waals surface area contributed by atoms with Crippen molar-refractivity contribution in [2.24, 2.45) is 5.73 Å². The summed E-state index contributed by atoms with van der Waals surface area (Å²) < 4.78 is 24.6. The van der Waals surface area contributed by atoms with Crippen LogP contribution in [0.5, 0.6) is 11.5 Å². The largest absolute Gasteiger partial charge is 0.494 e. The van der Waals surface area contributed by atoms with Crippen LogP contribution in [0.4, 0.5) is 4.39 Å². The molecule has 0 bridgehead atoms. The van der Waals surface area contributed by atoms with Crippen molar-refractivity contribution in [3.05, 3.63) is 59.9 Å². The molecule has 2 rings (SSSR count). The average Bonchev–Trinajstić information content (AvgIpc) is 2.51. The Hall–Kier alpha value is -2.07. The Bertz CT molecular complexity index is 557. The van der Waals surface area contributed by atoms with E-state index in [2.05, 4.69) is 6.92 Å². The lowest BCUT2D eigenvalue weighted by molar-refractivity contribution is 0.213. The molecule has 0 fully saturated rings. The summed E-state index contributed by atoms with van der Waals surface area (Å²) in [5, 5.41) is 0. The van der Waals surface area contributed by atoms with Crippen LogP contribution in [0.15, 0.2) is 48.5 Å². The van der Waals surface area contributed by atoms with E-state index >= 15 is 0 Å². The second-order valence-electron chi connectivity index (χ2n) is 4.72. The number of ether oxygens (including phenoxy) is 2. The van der Waals surface area contributed by atoms with Crippen LogP contribution in [-0.2, 0) is 0 Å². The molecule has 1 unspecified atom stereocenters. The number of hydrogen-bond donors (Lipinski definition) is 1. The molecular formula is C17H20FNO2. The van der Waals surface area contributed by atoms with Crippen molar-refractivity contribution < 1.29 is 13.9 Å². The lowest BCUT2D eigenvalue weighted by atomic mass is 10.1. The maximum Gasteiger partial charge on any atom is 0.136 e. The topological polar surface area (TPSA) is 44.5 Å². The minimum Gasteiger partial charge on any atom is -0.494 e. The monoisotopic (exact) mass is 289 g/mol. The molecule has 2 aromatic carbocycles. The van der Waals surface area contributed by atoms with Crippen LogP contribution < -0.4 is 15.2 Å².